The summed E-state index contributed by atoms with van der Waals surface area (Å²) in [5, 5.41) is 2.72. The van der Waals surface area contributed by atoms with Gasteiger partial charge in [-0.3, -0.25) is 19.3 Å². The lowest BCUT2D eigenvalue weighted by Gasteiger charge is -2.22. The molecule has 1 aliphatic rings. The number of hydrogen-bond acceptors (Lipinski definition) is 3. The number of nitrogens with zero attached hydrogens (tertiary/aromatic N) is 1. The molecule has 0 bridgehead atoms. The van der Waals surface area contributed by atoms with Crippen molar-refractivity contribution in [1.82, 2.24) is 10.2 Å². The largest absolute Gasteiger partial charge is 0.350 e. The minimum absolute atomic E-state index is 0.167. The Morgan fingerprint density at radius 1 is 1.44 bits per heavy atom. The van der Waals surface area contributed by atoms with E-state index in [-0.39, 0.29) is 42.1 Å². The number of amides is 3. The molecule has 1 saturated heterocycles. The van der Waals surface area contributed by atoms with Gasteiger partial charge >= 0.3 is 0 Å². The van der Waals surface area contributed by atoms with E-state index in [0.717, 1.165) is 4.90 Å². The zero-order chi connectivity index (χ0) is 12.5. The Morgan fingerprint density at radius 3 is 2.38 bits per heavy atom. The fourth-order valence-electron chi connectivity index (χ4n) is 1.62. The monoisotopic (exact) mass is 226 g/mol. The van der Waals surface area contributed by atoms with Gasteiger partial charge in [-0.2, -0.15) is 0 Å². The van der Waals surface area contributed by atoms with Crippen LogP contribution in [0.4, 0.5) is 0 Å². The van der Waals surface area contributed by atoms with E-state index in [9.17, 15) is 14.4 Å². The second kappa shape index (κ2) is 4.23. The molecular weight excluding hydrogens is 208 g/mol. The van der Waals surface area contributed by atoms with Gasteiger partial charge in [-0.25, -0.2) is 0 Å². The minimum atomic E-state index is -0.353. The summed E-state index contributed by atoms with van der Waals surface area (Å²) in [7, 11) is 0. The van der Waals surface area contributed by atoms with Crippen LogP contribution in [0.1, 0.15) is 34.1 Å². The first-order chi connectivity index (χ1) is 7.20. The summed E-state index contributed by atoms with van der Waals surface area (Å²) in [4.78, 5) is 35.6. The Morgan fingerprint density at radius 2 is 2.00 bits per heavy atom. The average molecular weight is 226 g/mol. The first kappa shape index (κ1) is 12.7. The smallest absolute Gasteiger partial charge is 0.240 e. The van der Waals surface area contributed by atoms with Gasteiger partial charge in [0.15, 0.2) is 0 Å². The van der Waals surface area contributed by atoms with Crippen molar-refractivity contribution in [1.29, 1.82) is 0 Å². The predicted molar refractivity (Wildman–Crippen MR) is 58.4 cm³/mol. The number of carbonyl (C=O) groups is 3. The normalized spacial score (nSPS) is 21.5. The maximum Gasteiger partial charge on any atom is 0.240 e. The third kappa shape index (κ3) is 3.05. The highest BCUT2D eigenvalue weighted by atomic mass is 16.2. The molecule has 0 saturated carbocycles. The molecule has 1 N–H and O–H groups in total. The molecule has 0 radical (unpaired) electrons. The molecule has 1 aliphatic heterocycles. The van der Waals surface area contributed by atoms with Crippen LogP contribution in [0.2, 0.25) is 0 Å². The van der Waals surface area contributed by atoms with Crippen molar-refractivity contribution in [3.8, 4) is 0 Å². The van der Waals surface area contributed by atoms with Gasteiger partial charge < -0.3 is 5.32 Å². The molecule has 0 aromatic carbocycles. The van der Waals surface area contributed by atoms with Gasteiger partial charge in [0, 0.05) is 17.9 Å². The van der Waals surface area contributed by atoms with Gasteiger partial charge in [0.1, 0.15) is 6.54 Å². The highest BCUT2D eigenvalue weighted by Gasteiger charge is 2.36. The quantitative estimate of drug-likeness (QED) is 0.688. The summed E-state index contributed by atoms with van der Waals surface area (Å²) in [5.41, 5.74) is -0.353. The Hall–Kier alpha value is -1.39. The molecule has 5 heteroatoms. The molecule has 1 unspecified atom stereocenters. The first-order valence-corrected chi connectivity index (χ1v) is 5.36. The van der Waals surface area contributed by atoms with E-state index in [1.54, 1.807) is 6.92 Å². The van der Waals surface area contributed by atoms with Crippen LogP contribution in [0, 0.1) is 5.92 Å². The third-order valence-electron chi connectivity index (χ3n) is 2.29. The van der Waals surface area contributed by atoms with E-state index in [1.807, 2.05) is 20.8 Å². The van der Waals surface area contributed by atoms with Crippen molar-refractivity contribution in [3.63, 3.8) is 0 Å². The molecule has 1 fully saturated rings. The van der Waals surface area contributed by atoms with Gasteiger partial charge in [-0.05, 0) is 20.8 Å². The summed E-state index contributed by atoms with van der Waals surface area (Å²) in [6, 6.07) is 0. The van der Waals surface area contributed by atoms with E-state index in [2.05, 4.69) is 5.32 Å². The van der Waals surface area contributed by atoms with Crippen LogP contribution in [0.5, 0.6) is 0 Å². The summed E-state index contributed by atoms with van der Waals surface area (Å²) in [6.45, 7) is 7.07. The minimum Gasteiger partial charge on any atom is -0.350 e. The Balaban J connectivity index is 2.58. The molecule has 90 valence electrons. The number of carbonyl (C=O) groups excluding carboxylic acids is 3. The molecule has 0 aliphatic carbocycles. The van der Waals surface area contributed by atoms with Crippen LogP contribution in [0.25, 0.3) is 0 Å². The second-order valence-corrected chi connectivity index (χ2v) is 5.22. The molecule has 1 rings (SSSR count). The number of nitrogens with one attached hydrogen (secondary N) is 1. The van der Waals surface area contributed by atoms with Crippen LogP contribution >= 0.6 is 0 Å². The van der Waals surface area contributed by atoms with Crippen LogP contribution < -0.4 is 5.32 Å². The van der Waals surface area contributed by atoms with E-state index in [0.29, 0.717) is 0 Å². The van der Waals surface area contributed by atoms with Crippen LogP contribution in [0.15, 0.2) is 0 Å². The summed E-state index contributed by atoms with van der Waals surface area (Å²) < 4.78 is 0. The standard InChI is InChI=1S/C11H18N2O3/c1-7-5-9(15)13(10(7)16)6-8(14)12-11(2,3)4/h7H,5-6H2,1-4H3,(H,12,14). The molecule has 3 amide bonds. The van der Waals surface area contributed by atoms with E-state index in [4.69, 9.17) is 0 Å². The summed E-state index contributed by atoms with van der Waals surface area (Å²) >= 11 is 0. The number of likely N-dealkylation sites (tertiary alicyclic amines) is 1. The zero-order valence-corrected chi connectivity index (χ0v) is 10.2. The number of rotatable bonds is 2. The summed E-state index contributed by atoms with van der Waals surface area (Å²) in [6.07, 6.45) is 0.210. The van der Waals surface area contributed by atoms with Crippen LogP contribution in [-0.4, -0.2) is 34.7 Å². The lowest BCUT2D eigenvalue weighted by atomic mass is 10.1. The van der Waals surface area contributed by atoms with Gasteiger partial charge in [0.25, 0.3) is 0 Å². The lowest BCUT2D eigenvalue weighted by molar-refractivity contribution is -0.143. The van der Waals surface area contributed by atoms with Crippen molar-refractivity contribution in [2.45, 2.75) is 39.7 Å². The van der Waals surface area contributed by atoms with Gasteiger partial charge in [0.2, 0.25) is 17.7 Å². The Labute approximate surface area is 95.2 Å². The van der Waals surface area contributed by atoms with E-state index >= 15 is 0 Å². The highest BCUT2D eigenvalue weighted by Crippen LogP contribution is 2.18. The number of hydrogen-bond donors (Lipinski definition) is 1. The van der Waals surface area contributed by atoms with Gasteiger partial charge in [0.05, 0.1) is 0 Å². The van der Waals surface area contributed by atoms with E-state index in [1.165, 1.54) is 0 Å². The van der Waals surface area contributed by atoms with Gasteiger partial charge in [-0.15, -0.1) is 0 Å². The average Bonchev–Trinajstić information content (AvgIpc) is 2.29. The predicted octanol–water partition coefficient (Wildman–Crippen LogP) is 0.296. The molecule has 1 heterocycles. The molecule has 0 aromatic rings. The fraction of sp³-hybridized carbons (Fsp3) is 0.727. The molecule has 16 heavy (non-hydrogen) atoms. The third-order valence-corrected chi connectivity index (χ3v) is 2.29. The number of imide groups is 1. The molecule has 1 atom stereocenters. The Bertz CT molecular complexity index is 331. The van der Waals surface area contributed by atoms with Crippen molar-refractivity contribution in [2.75, 3.05) is 6.54 Å². The topological polar surface area (TPSA) is 66.5 Å². The van der Waals surface area contributed by atoms with Crippen molar-refractivity contribution in [2.24, 2.45) is 5.92 Å². The molecule has 0 aromatic heterocycles. The SMILES string of the molecule is CC1CC(=O)N(CC(=O)NC(C)(C)C)C1=O. The van der Waals surface area contributed by atoms with Crippen LogP contribution in [0.3, 0.4) is 0 Å². The zero-order valence-electron chi connectivity index (χ0n) is 10.2. The molecular formula is C11H18N2O3. The van der Waals surface area contributed by atoms with Crippen LogP contribution in [-0.2, 0) is 14.4 Å². The molecule has 0 spiro atoms. The highest BCUT2D eigenvalue weighted by molar-refractivity contribution is 6.05. The maximum atomic E-state index is 11.6. The van der Waals surface area contributed by atoms with E-state index < -0.39 is 0 Å². The van der Waals surface area contributed by atoms with Crippen molar-refractivity contribution >= 4 is 17.7 Å². The summed E-state index contributed by atoms with van der Waals surface area (Å²) in [5.74, 6) is -1.12. The van der Waals surface area contributed by atoms with Gasteiger partial charge in [-0.1, -0.05) is 6.92 Å². The first-order valence-electron chi connectivity index (χ1n) is 5.36. The Kier molecular flexibility index (Phi) is 3.35. The molecule has 5 nitrogen and oxygen atoms in total. The second-order valence-electron chi connectivity index (χ2n) is 5.22. The lowest BCUT2D eigenvalue weighted by Crippen LogP contribution is -2.47. The fourth-order valence-corrected chi connectivity index (χ4v) is 1.62. The maximum absolute atomic E-state index is 11.6. The van der Waals surface area contributed by atoms with Crippen molar-refractivity contribution < 1.29 is 14.4 Å². The van der Waals surface area contributed by atoms with Crippen molar-refractivity contribution in [3.05, 3.63) is 0 Å².